The molecule has 0 aliphatic carbocycles. The summed E-state index contributed by atoms with van der Waals surface area (Å²) < 4.78 is 29.0. The van der Waals surface area contributed by atoms with E-state index in [1.54, 1.807) is 24.3 Å². The Morgan fingerprint density at radius 2 is 1.88 bits per heavy atom. The molecule has 1 heterocycles. The molecule has 0 bridgehead atoms. The van der Waals surface area contributed by atoms with E-state index in [1.807, 2.05) is 13.8 Å². The number of aryl methyl sites for hydroxylation is 1. The molecule has 0 atom stereocenters. The van der Waals surface area contributed by atoms with E-state index in [-0.39, 0.29) is 11.0 Å². The van der Waals surface area contributed by atoms with E-state index >= 15 is 0 Å². The first-order chi connectivity index (χ1) is 8.01. The van der Waals surface area contributed by atoms with E-state index in [0.29, 0.717) is 13.1 Å². The van der Waals surface area contributed by atoms with Gasteiger partial charge < -0.3 is 0 Å². The lowest BCUT2D eigenvalue weighted by atomic mass is 10.2. The maximum atomic E-state index is 11.9. The van der Waals surface area contributed by atoms with Crippen molar-refractivity contribution in [2.24, 2.45) is 0 Å². The summed E-state index contributed by atoms with van der Waals surface area (Å²) in [6.45, 7) is 6.29. The van der Waals surface area contributed by atoms with Crippen LogP contribution in [-0.2, 0) is 14.3 Å². The molecule has 94 valence electrons. The highest BCUT2D eigenvalue weighted by Gasteiger charge is 2.31. The number of benzene rings is 1. The zero-order chi connectivity index (χ0) is 12.5. The van der Waals surface area contributed by atoms with Crippen molar-refractivity contribution in [3.05, 3.63) is 29.8 Å². The van der Waals surface area contributed by atoms with E-state index in [4.69, 9.17) is 4.18 Å². The molecule has 1 fully saturated rings. The molecule has 1 aliphatic rings. The molecule has 0 amide bonds. The lowest BCUT2D eigenvalue weighted by Gasteiger charge is -2.37. The molecule has 4 nitrogen and oxygen atoms in total. The van der Waals surface area contributed by atoms with Crippen molar-refractivity contribution in [1.82, 2.24) is 4.90 Å². The molecule has 2 rings (SSSR count). The molecule has 0 unspecified atom stereocenters. The van der Waals surface area contributed by atoms with Crippen molar-refractivity contribution >= 4 is 10.1 Å². The molecule has 0 aromatic heterocycles. The van der Waals surface area contributed by atoms with Gasteiger partial charge in [0.15, 0.2) is 0 Å². The van der Waals surface area contributed by atoms with Crippen LogP contribution in [0.5, 0.6) is 0 Å². The second-order valence-electron chi connectivity index (χ2n) is 4.34. The SMILES string of the molecule is CCN1CC(OS(=O)(=O)c2ccc(C)cc2)C1. The van der Waals surface area contributed by atoms with Crippen LogP contribution in [-0.4, -0.2) is 39.1 Å². The molecule has 1 aromatic carbocycles. The van der Waals surface area contributed by atoms with E-state index in [0.717, 1.165) is 12.1 Å². The quantitative estimate of drug-likeness (QED) is 0.763. The summed E-state index contributed by atoms with van der Waals surface area (Å²) in [4.78, 5) is 2.37. The Morgan fingerprint density at radius 3 is 2.41 bits per heavy atom. The average Bonchev–Trinajstić information content (AvgIpc) is 2.23. The number of rotatable bonds is 4. The highest BCUT2D eigenvalue weighted by molar-refractivity contribution is 7.86. The summed E-state index contributed by atoms with van der Waals surface area (Å²) in [5.74, 6) is 0. The Kier molecular flexibility index (Phi) is 3.51. The van der Waals surface area contributed by atoms with Crippen molar-refractivity contribution in [2.45, 2.75) is 24.8 Å². The Bertz CT molecular complexity index is 475. The predicted molar refractivity (Wildman–Crippen MR) is 65.4 cm³/mol. The van der Waals surface area contributed by atoms with Crippen molar-refractivity contribution < 1.29 is 12.6 Å². The Balaban J connectivity index is 2.02. The van der Waals surface area contributed by atoms with Gasteiger partial charge in [0.2, 0.25) is 0 Å². The highest BCUT2D eigenvalue weighted by Crippen LogP contribution is 2.19. The molecule has 0 N–H and O–H groups in total. The van der Waals surface area contributed by atoms with Crippen LogP contribution in [0.15, 0.2) is 29.2 Å². The van der Waals surface area contributed by atoms with E-state index in [9.17, 15) is 8.42 Å². The first-order valence-electron chi connectivity index (χ1n) is 5.73. The topological polar surface area (TPSA) is 46.6 Å². The van der Waals surface area contributed by atoms with Gasteiger partial charge in [0.1, 0.15) is 6.10 Å². The summed E-state index contributed by atoms with van der Waals surface area (Å²) in [5, 5.41) is 0. The van der Waals surface area contributed by atoms with Crippen LogP contribution in [0.4, 0.5) is 0 Å². The van der Waals surface area contributed by atoms with Crippen LogP contribution < -0.4 is 0 Å². The molecule has 1 aromatic rings. The van der Waals surface area contributed by atoms with Gasteiger partial charge in [0.05, 0.1) is 4.90 Å². The van der Waals surface area contributed by atoms with Crippen molar-refractivity contribution in [3.63, 3.8) is 0 Å². The third kappa shape index (κ3) is 2.86. The minimum atomic E-state index is -3.60. The van der Waals surface area contributed by atoms with Crippen LogP contribution in [0, 0.1) is 6.92 Å². The van der Waals surface area contributed by atoms with Crippen LogP contribution in [0.3, 0.4) is 0 Å². The minimum Gasteiger partial charge on any atom is -0.298 e. The van der Waals surface area contributed by atoms with E-state index in [1.165, 1.54) is 0 Å². The summed E-state index contributed by atoms with van der Waals surface area (Å²) in [6, 6.07) is 6.71. The van der Waals surface area contributed by atoms with Gasteiger partial charge >= 0.3 is 0 Å². The predicted octanol–water partition coefficient (Wildman–Crippen LogP) is 1.40. The zero-order valence-electron chi connectivity index (χ0n) is 10.1. The first-order valence-corrected chi connectivity index (χ1v) is 7.14. The first kappa shape index (κ1) is 12.5. The van der Waals surface area contributed by atoms with Gasteiger partial charge in [-0.3, -0.25) is 9.08 Å². The van der Waals surface area contributed by atoms with Crippen LogP contribution in [0.2, 0.25) is 0 Å². The molecule has 17 heavy (non-hydrogen) atoms. The second-order valence-corrected chi connectivity index (χ2v) is 5.91. The van der Waals surface area contributed by atoms with E-state index < -0.39 is 10.1 Å². The number of likely N-dealkylation sites (N-methyl/N-ethyl adjacent to an activating group) is 1. The standard InChI is InChI=1S/C12H17NO3S/c1-3-13-8-11(9-13)16-17(14,15)12-6-4-10(2)5-7-12/h4-7,11H,3,8-9H2,1-2H3. The number of hydrogen-bond donors (Lipinski definition) is 0. The van der Waals surface area contributed by atoms with Crippen molar-refractivity contribution in [3.8, 4) is 0 Å². The van der Waals surface area contributed by atoms with E-state index in [2.05, 4.69) is 4.90 Å². The summed E-state index contributed by atoms with van der Waals surface area (Å²) in [5.41, 5.74) is 1.03. The summed E-state index contributed by atoms with van der Waals surface area (Å²) in [6.07, 6.45) is -0.193. The Hall–Kier alpha value is -0.910. The normalized spacial score (nSPS) is 18.0. The third-order valence-corrected chi connectivity index (χ3v) is 4.32. The lowest BCUT2D eigenvalue weighted by Crippen LogP contribution is -2.52. The van der Waals surface area contributed by atoms with Gasteiger partial charge in [-0.15, -0.1) is 0 Å². The smallest absolute Gasteiger partial charge is 0.297 e. The number of nitrogens with zero attached hydrogens (tertiary/aromatic N) is 1. The molecule has 1 saturated heterocycles. The second kappa shape index (κ2) is 4.76. The van der Waals surface area contributed by atoms with Gasteiger partial charge in [0.25, 0.3) is 10.1 Å². The summed E-state index contributed by atoms with van der Waals surface area (Å²) >= 11 is 0. The highest BCUT2D eigenvalue weighted by atomic mass is 32.2. The van der Waals surface area contributed by atoms with Crippen LogP contribution >= 0.6 is 0 Å². The zero-order valence-corrected chi connectivity index (χ0v) is 10.9. The molecule has 5 heteroatoms. The van der Waals surface area contributed by atoms with Gasteiger partial charge in [-0.25, -0.2) is 0 Å². The Labute approximate surface area is 102 Å². The maximum Gasteiger partial charge on any atom is 0.297 e. The van der Waals surface area contributed by atoms with Crippen molar-refractivity contribution in [1.29, 1.82) is 0 Å². The lowest BCUT2D eigenvalue weighted by molar-refractivity contribution is 0.0284. The van der Waals surface area contributed by atoms with Crippen LogP contribution in [0.1, 0.15) is 12.5 Å². The third-order valence-electron chi connectivity index (χ3n) is 2.94. The average molecular weight is 255 g/mol. The van der Waals surface area contributed by atoms with Gasteiger partial charge in [0, 0.05) is 13.1 Å². The fourth-order valence-electron chi connectivity index (χ4n) is 1.78. The summed E-state index contributed by atoms with van der Waals surface area (Å²) in [7, 11) is -3.60. The van der Waals surface area contributed by atoms with Gasteiger partial charge in [-0.2, -0.15) is 8.42 Å². The maximum absolute atomic E-state index is 11.9. The van der Waals surface area contributed by atoms with Crippen molar-refractivity contribution in [2.75, 3.05) is 19.6 Å². The number of hydrogen-bond acceptors (Lipinski definition) is 4. The van der Waals surface area contributed by atoms with Gasteiger partial charge in [-0.05, 0) is 25.6 Å². The fraction of sp³-hybridized carbons (Fsp3) is 0.500. The molecular weight excluding hydrogens is 238 g/mol. The molecular formula is C12H17NO3S. The minimum absolute atomic E-state index is 0.193. The molecule has 0 radical (unpaired) electrons. The monoisotopic (exact) mass is 255 g/mol. The molecule has 0 spiro atoms. The number of likely N-dealkylation sites (tertiary alicyclic amines) is 1. The molecule has 0 saturated carbocycles. The van der Waals surface area contributed by atoms with Gasteiger partial charge in [-0.1, -0.05) is 24.6 Å². The largest absolute Gasteiger partial charge is 0.298 e. The fourth-order valence-corrected chi connectivity index (χ4v) is 2.84. The van der Waals surface area contributed by atoms with Crippen LogP contribution in [0.25, 0.3) is 0 Å². The Morgan fingerprint density at radius 1 is 1.29 bits per heavy atom. The molecule has 1 aliphatic heterocycles.